The van der Waals surface area contributed by atoms with E-state index in [0.29, 0.717) is 37.4 Å². The molecule has 0 radical (unpaired) electrons. The molecule has 0 aliphatic heterocycles. The minimum absolute atomic E-state index is 0.106. The lowest BCUT2D eigenvalue weighted by Gasteiger charge is -2.21. The first kappa shape index (κ1) is 27.9. The summed E-state index contributed by atoms with van der Waals surface area (Å²) in [5.41, 5.74) is -0.769. The SMILES string of the molecule is FC(F)(F)c1cccc(OCC[NH+](CCNc2ncc(C(F)(F)F)cc2Cl)Cc2ccc(Cl)cc2)c1. The van der Waals surface area contributed by atoms with Crippen LogP contribution in [0.5, 0.6) is 5.75 Å². The molecule has 36 heavy (non-hydrogen) atoms. The number of alkyl halides is 6. The van der Waals surface area contributed by atoms with Crippen molar-refractivity contribution in [2.45, 2.75) is 18.9 Å². The summed E-state index contributed by atoms with van der Waals surface area (Å²) in [6, 6.07) is 12.7. The van der Waals surface area contributed by atoms with E-state index in [1.807, 2.05) is 12.1 Å². The van der Waals surface area contributed by atoms with Gasteiger partial charge in [0.25, 0.3) is 0 Å². The molecular formula is C24H22Cl2F6N3O+. The number of nitrogens with zero attached hydrogens (tertiary/aromatic N) is 1. The zero-order chi connectivity index (χ0) is 26.3. The number of nitrogens with one attached hydrogen (secondary N) is 2. The van der Waals surface area contributed by atoms with Crippen molar-refractivity contribution in [1.29, 1.82) is 0 Å². The van der Waals surface area contributed by atoms with E-state index in [9.17, 15) is 26.3 Å². The van der Waals surface area contributed by atoms with Gasteiger partial charge in [0, 0.05) is 16.8 Å². The molecule has 1 aromatic heterocycles. The third-order valence-electron chi connectivity index (χ3n) is 5.19. The van der Waals surface area contributed by atoms with Crippen LogP contribution in [0.4, 0.5) is 32.2 Å². The predicted octanol–water partition coefficient (Wildman–Crippen LogP) is 6.00. The fourth-order valence-electron chi connectivity index (χ4n) is 3.35. The number of rotatable bonds is 10. The van der Waals surface area contributed by atoms with Crippen molar-refractivity contribution in [3.05, 3.63) is 87.5 Å². The highest BCUT2D eigenvalue weighted by atomic mass is 35.5. The van der Waals surface area contributed by atoms with Gasteiger partial charge in [-0.2, -0.15) is 26.3 Å². The summed E-state index contributed by atoms with van der Waals surface area (Å²) in [6.07, 6.45) is -8.31. The van der Waals surface area contributed by atoms with Gasteiger partial charge in [-0.1, -0.05) is 41.4 Å². The van der Waals surface area contributed by atoms with Gasteiger partial charge in [0.1, 0.15) is 31.3 Å². The number of hydrogen-bond acceptors (Lipinski definition) is 3. The molecule has 0 bridgehead atoms. The average Bonchev–Trinajstić information content (AvgIpc) is 2.80. The number of benzene rings is 2. The molecule has 0 fully saturated rings. The zero-order valence-corrected chi connectivity index (χ0v) is 20.2. The number of quaternary nitrogens is 1. The number of anilines is 1. The van der Waals surface area contributed by atoms with Crippen molar-refractivity contribution in [1.82, 2.24) is 4.98 Å². The molecule has 0 aliphatic rings. The maximum absolute atomic E-state index is 12.9. The molecule has 3 aromatic rings. The Labute approximate surface area is 213 Å². The molecule has 4 nitrogen and oxygen atoms in total. The molecule has 194 valence electrons. The summed E-state index contributed by atoms with van der Waals surface area (Å²) in [6.45, 7) is 1.95. The van der Waals surface area contributed by atoms with Crippen LogP contribution in [0.1, 0.15) is 16.7 Å². The number of hydrogen-bond donors (Lipinski definition) is 2. The quantitative estimate of drug-likeness (QED) is 0.303. The molecule has 2 aromatic carbocycles. The third-order valence-corrected chi connectivity index (χ3v) is 5.73. The van der Waals surface area contributed by atoms with Crippen LogP contribution in [0.15, 0.2) is 60.8 Å². The van der Waals surface area contributed by atoms with Crippen molar-refractivity contribution in [2.75, 3.05) is 31.6 Å². The molecule has 1 atom stereocenters. The third kappa shape index (κ3) is 8.46. The van der Waals surface area contributed by atoms with Gasteiger partial charge < -0.3 is 15.0 Å². The summed E-state index contributed by atoms with van der Waals surface area (Å²) in [5, 5.41) is 3.36. The van der Waals surface area contributed by atoms with Crippen molar-refractivity contribution in [2.24, 2.45) is 0 Å². The molecule has 1 unspecified atom stereocenters. The summed E-state index contributed by atoms with van der Waals surface area (Å²) in [5.74, 6) is 0.227. The Kier molecular flexibility index (Phi) is 9.32. The van der Waals surface area contributed by atoms with Crippen LogP contribution in [0.25, 0.3) is 0 Å². The minimum Gasteiger partial charge on any atom is -0.488 e. The summed E-state index contributed by atoms with van der Waals surface area (Å²) >= 11 is 11.9. The van der Waals surface area contributed by atoms with Crippen molar-refractivity contribution >= 4 is 29.0 Å². The Morgan fingerprint density at radius 3 is 2.19 bits per heavy atom. The summed E-state index contributed by atoms with van der Waals surface area (Å²) in [7, 11) is 0. The fourth-order valence-corrected chi connectivity index (χ4v) is 3.71. The second kappa shape index (κ2) is 12.0. The topological polar surface area (TPSA) is 38.6 Å². The Bertz CT molecular complexity index is 1140. The van der Waals surface area contributed by atoms with Crippen molar-refractivity contribution in [3.63, 3.8) is 0 Å². The van der Waals surface area contributed by atoms with E-state index in [1.54, 1.807) is 12.1 Å². The van der Waals surface area contributed by atoms with E-state index in [1.165, 1.54) is 12.1 Å². The van der Waals surface area contributed by atoms with Gasteiger partial charge in [0.05, 0.1) is 29.2 Å². The average molecular weight is 553 g/mol. The van der Waals surface area contributed by atoms with Gasteiger partial charge >= 0.3 is 12.4 Å². The lowest BCUT2D eigenvalue weighted by molar-refractivity contribution is -0.912. The molecule has 0 saturated heterocycles. The smallest absolute Gasteiger partial charge is 0.417 e. The first-order valence-electron chi connectivity index (χ1n) is 10.8. The number of pyridine rings is 1. The predicted molar refractivity (Wildman–Crippen MR) is 126 cm³/mol. The van der Waals surface area contributed by atoms with Gasteiger partial charge in [0.15, 0.2) is 0 Å². The molecule has 1 heterocycles. The second-order valence-electron chi connectivity index (χ2n) is 7.91. The number of ether oxygens (including phenoxy) is 1. The van der Waals surface area contributed by atoms with Crippen LogP contribution < -0.4 is 15.0 Å². The second-order valence-corrected chi connectivity index (χ2v) is 8.75. The molecular weight excluding hydrogens is 531 g/mol. The van der Waals surface area contributed by atoms with E-state index in [2.05, 4.69) is 10.3 Å². The summed E-state index contributed by atoms with van der Waals surface area (Å²) < 4.78 is 82.8. The van der Waals surface area contributed by atoms with Crippen molar-refractivity contribution in [3.8, 4) is 5.75 Å². The minimum atomic E-state index is -4.55. The van der Waals surface area contributed by atoms with Crippen LogP contribution in [-0.4, -0.2) is 31.2 Å². The van der Waals surface area contributed by atoms with Crippen LogP contribution in [-0.2, 0) is 18.9 Å². The summed E-state index contributed by atoms with van der Waals surface area (Å²) in [4.78, 5) is 4.76. The normalized spacial score (nSPS) is 12.9. The highest BCUT2D eigenvalue weighted by molar-refractivity contribution is 6.33. The zero-order valence-electron chi connectivity index (χ0n) is 18.7. The number of halogens is 8. The lowest BCUT2D eigenvalue weighted by atomic mass is 10.2. The van der Waals surface area contributed by atoms with Crippen LogP contribution in [0.2, 0.25) is 10.0 Å². The van der Waals surface area contributed by atoms with E-state index >= 15 is 0 Å². The van der Waals surface area contributed by atoms with E-state index in [-0.39, 0.29) is 23.2 Å². The van der Waals surface area contributed by atoms with Gasteiger partial charge in [0.2, 0.25) is 0 Å². The van der Waals surface area contributed by atoms with Crippen LogP contribution >= 0.6 is 23.2 Å². The molecule has 0 saturated carbocycles. The van der Waals surface area contributed by atoms with Crippen molar-refractivity contribution < 1.29 is 36.0 Å². The Hall–Kier alpha value is -2.69. The number of aromatic nitrogens is 1. The largest absolute Gasteiger partial charge is 0.488 e. The molecule has 0 spiro atoms. The molecule has 12 heteroatoms. The fraction of sp³-hybridized carbons (Fsp3) is 0.292. The Morgan fingerprint density at radius 2 is 1.56 bits per heavy atom. The highest BCUT2D eigenvalue weighted by Crippen LogP contribution is 2.32. The van der Waals surface area contributed by atoms with Gasteiger partial charge in [-0.25, -0.2) is 4.98 Å². The molecule has 3 rings (SSSR count). The maximum Gasteiger partial charge on any atom is 0.417 e. The Morgan fingerprint density at radius 1 is 0.861 bits per heavy atom. The van der Waals surface area contributed by atoms with Crippen LogP contribution in [0, 0.1) is 0 Å². The highest BCUT2D eigenvalue weighted by Gasteiger charge is 2.32. The molecule has 2 N–H and O–H groups in total. The molecule has 0 amide bonds. The Balaban J connectivity index is 1.61. The first-order chi connectivity index (χ1) is 16.9. The van der Waals surface area contributed by atoms with Crippen LogP contribution in [0.3, 0.4) is 0 Å². The molecule has 0 aliphatic carbocycles. The standard InChI is InChI=1S/C24H21Cl2F6N3O/c25-19-6-4-16(5-7-19)15-35(10-11-36-20-3-1-2-17(12-20)23(27,28)29)9-8-33-22-21(26)13-18(14-34-22)24(30,31)32/h1-7,12-14H,8-11,15H2,(H,33,34)/p+1. The van der Waals surface area contributed by atoms with Gasteiger partial charge in [-0.05, 0) is 36.4 Å². The lowest BCUT2D eigenvalue weighted by Crippen LogP contribution is -3.12. The maximum atomic E-state index is 12.9. The van der Waals surface area contributed by atoms with Gasteiger partial charge in [-0.15, -0.1) is 0 Å². The van der Waals surface area contributed by atoms with E-state index in [0.717, 1.165) is 28.7 Å². The monoisotopic (exact) mass is 552 g/mol. The van der Waals surface area contributed by atoms with Gasteiger partial charge in [-0.3, -0.25) is 0 Å². The first-order valence-corrected chi connectivity index (χ1v) is 11.5. The van der Waals surface area contributed by atoms with E-state index in [4.69, 9.17) is 27.9 Å². The van der Waals surface area contributed by atoms with E-state index < -0.39 is 23.5 Å².